The number of likely N-dealkylation sites (tertiary alicyclic amines) is 1. The van der Waals surface area contributed by atoms with Gasteiger partial charge >= 0.3 is 0 Å². The molecule has 8 heteroatoms. The van der Waals surface area contributed by atoms with E-state index in [-0.39, 0.29) is 17.6 Å². The monoisotopic (exact) mass is 415 g/mol. The summed E-state index contributed by atoms with van der Waals surface area (Å²) in [6.07, 6.45) is 3.16. The first-order valence-corrected chi connectivity index (χ1v) is 10.8. The average molecular weight is 416 g/mol. The van der Waals surface area contributed by atoms with Crippen LogP contribution in [0.25, 0.3) is 0 Å². The smallest absolute Gasteiger partial charge is 0.243 e. The zero-order valence-electron chi connectivity index (χ0n) is 17.5. The van der Waals surface area contributed by atoms with Crippen molar-refractivity contribution in [3.8, 4) is 0 Å². The van der Waals surface area contributed by atoms with Gasteiger partial charge in [0, 0.05) is 12.5 Å². The number of hydrogen-bond acceptors (Lipinski definition) is 5. The Bertz CT molecular complexity index is 756. The third kappa shape index (κ3) is 4.99. The minimum Gasteiger partial charge on any atom is -0.390 e. The van der Waals surface area contributed by atoms with E-state index in [1.54, 1.807) is 11.9 Å². The number of benzene rings is 1. The average Bonchev–Trinajstić information content (AvgIpc) is 3.23. The number of likely N-dealkylation sites (N-methyl/N-ethyl adjacent to an activating group) is 1. The largest absolute Gasteiger partial charge is 0.390 e. The van der Waals surface area contributed by atoms with Gasteiger partial charge in [0.1, 0.15) is 6.04 Å². The second-order valence-electron chi connectivity index (χ2n) is 8.32. The van der Waals surface area contributed by atoms with Crippen molar-refractivity contribution in [3.63, 3.8) is 0 Å². The fourth-order valence-corrected chi connectivity index (χ4v) is 4.62. The molecule has 1 aromatic rings. The van der Waals surface area contributed by atoms with Crippen LogP contribution in [0, 0.1) is 11.3 Å². The maximum Gasteiger partial charge on any atom is 0.243 e. The number of rotatable bonds is 7. The van der Waals surface area contributed by atoms with Gasteiger partial charge in [-0.05, 0) is 44.7 Å². The van der Waals surface area contributed by atoms with Crippen LogP contribution in [0.4, 0.5) is 0 Å². The van der Waals surface area contributed by atoms with Crippen LogP contribution in [-0.2, 0) is 16.0 Å². The van der Waals surface area contributed by atoms with E-state index in [9.17, 15) is 14.7 Å². The van der Waals surface area contributed by atoms with Gasteiger partial charge in [-0.2, -0.15) is 0 Å². The van der Waals surface area contributed by atoms with Gasteiger partial charge in [-0.15, -0.1) is 0 Å². The Hall–Kier alpha value is -2.45. The molecule has 5 atom stereocenters. The minimum absolute atomic E-state index is 0.0445. The van der Waals surface area contributed by atoms with Crippen molar-refractivity contribution in [2.24, 2.45) is 11.7 Å². The number of carbonyl (C=O) groups is 2. The highest BCUT2D eigenvalue weighted by molar-refractivity contribution is 5.90. The standard InChI is InChI=1S/C22H33N5O3/c1-25-17(13-14-7-3-2-4-8-14)22(30)27-12-6-11-18(27)21(29)26-16-10-5-9-15(19(16)28)20(23)24/h2-4,7-8,15-19,25,28H,5-6,9-13H2,1H3,(H3,23,24)(H,26,29)/t15?,16-,17+,18+,19?/m0/s1. The number of nitrogens with one attached hydrogen (secondary N) is 3. The third-order valence-electron chi connectivity index (χ3n) is 6.35. The molecular formula is C22H33N5O3. The number of nitrogens with two attached hydrogens (primary N) is 1. The van der Waals surface area contributed by atoms with E-state index in [1.165, 1.54) is 0 Å². The molecule has 1 saturated carbocycles. The van der Waals surface area contributed by atoms with Crippen LogP contribution in [0.5, 0.6) is 0 Å². The number of nitrogens with zero attached hydrogens (tertiary/aromatic N) is 1. The summed E-state index contributed by atoms with van der Waals surface area (Å²) in [6, 6.07) is 8.44. The van der Waals surface area contributed by atoms with Crippen molar-refractivity contribution >= 4 is 17.6 Å². The van der Waals surface area contributed by atoms with E-state index in [0.717, 1.165) is 18.4 Å². The summed E-state index contributed by atoms with van der Waals surface area (Å²) in [6.45, 7) is 0.549. The van der Waals surface area contributed by atoms with Crippen molar-refractivity contribution in [1.82, 2.24) is 15.5 Å². The lowest BCUT2D eigenvalue weighted by Crippen LogP contribution is -2.57. The summed E-state index contributed by atoms with van der Waals surface area (Å²) < 4.78 is 0. The first-order chi connectivity index (χ1) is 14.4. The predicted molar refractivity (Wildman–Crippen MR) is 115 cm³/mol. The van der Waals surface area contributed by atoms with Crippen molar-refractivity contribution in [2.45, 2.75) is 62.8 Å². The van der Waals surface area contributed by atoms with E-state index < -0.39 is 30.1 Å². The van der Waals surface area contributed by atoms with Crippen LogP contribution in [0.1, 0.15) is 37.7 Å². The lowest BCUT2D eigenvalue weighted by atomic mass is 9.82. The van der Waals surface area contributed by atoms with Gasteiger partial charge in [-0.25, -0.2) is 0 Å². The maximum absolute atomic E-state index is 13.2. The molecule has 1 aliphatic heterocycles. The normalized spacial score (nSPS) is 27.5. The van der Waals surface area contributed by atoms with Gasteiger partial charge in [0.25, 0.3) is 0 Å². The molecule has 30 heavy (non-hydrogen) atoms. The fourth-order valence-electron chi connectivity index (χ4n) is 4.62. The number of aliphatic hydroxyl groups is 1. The number of amidine groups is 1. The van der Waals surface area contributed by atoms with Gasteiger partial charge in [0.05, 0.1) is 24.0 Å². The molecule has 0 spiro atoms. The van der Waals surface area contributed by atoms with Gasteiger partial charge in [-0.3, -0.25) is 15.0 Å². The van der Waals surface area contributed by atoms with Crippen LogP contribution < -0.4 is 16.4 Å². The molecule has 1 heterocycles. The van der Waals surface area contributed by atoms with Gasteiger partial charge in [-0.1, -0.05) is 36.8 Å². The molecule has 6 N–H and O–H groups in total. The molecule has 2 amide bonds. The summed E-state index contributed by atoms with van der Waals surface area (Å²) in [4.78, 5) is 27.8. The maximum atomic E-state index is 13.2. The molecule has 2 unspecified atom stereocenters. The summed E-state index contributed by atoms with van der Waals surface area (Å²) in [5.74, 6) is -0.782. The topological polar surface area (TPSA) is 132 Å². The van der Waals surface area contributed by atoms with Crippen molar-refractivity contribution in [1.29, 1.82) is 5.41 Å². The van der Waals surface area contributed by atoms with Crippen LogP contribution in [0.3, 0.4) is 0 Å². The Morgan fingerprint density at radius 1 is 1.23 bits per heavy atom. The Balaban J connectivity index is 1.64. The van der Waals surface area contributed by atoms with Gasteiger partial charge in [0.15, 0.2) is 0 Å². The molecule has 0 aromatic heterocycles. The highest BCUT2D eigenvalue weighted by Gasteiger charge is 2.40. The molecule has 164 valence electrons. The highest BCUT2D eigenvalue weighted by Crippen LogP contribution is 2.26. The SMILES string of the molecule is CN[C@H](Cc1ccccc1)C(=O)N1CCC[C@@H]1C(=O)N[C@H]1CCCC(C(=N)N)C1O. The van der Waals surface area contributed by atoms with Gasteiger partial charge in [0.2, 0.25) is 11.8 Å². The van der Waals surface area contributed by atoms with Crippen molar-refractivity contribution < 1.29 is 14.7 Å². The van der Waals surface area contributed by atoms with E-state index in [2.05, 4.69) is 10.6 Å². The van der Waals surface area contributed by atoms with Crippen LogP contribution in [0.2, 0.25) is 0 Å². The molecule has 2 aliphatic rings. The highest BCUT2D eigenvalue weighted by atomic mass is 16.3. The Kier molecular flexibility index (Phi) is 7.44. The zero-order valence-corrected chi connectivity index (χ0v) is 17.5. The number of amides is 2. The van der Waals surface area contributed by atoms with E-state index in [4.69, 9.17) is 11.1 Å². The van der Waals surface area contributed by atoms with Crippen LogP contribution in [0.15, 0.2) is 30.3 Å². The first kappa shape index (κ1) is 22.2. The zero-order chi connectivity index (χ0) is 21.7. The lowest BCUT2D eigenvalue weighted by Gasteiger charge is -2.36. The van der Waals surface area contributed by atoms with E-state index in [1.807, 2.05) is 30.3 Å². The third-order valence-corrected chi connectivity index (χ3v) is 6.35. The summed E-state index contributed by atoms with van der Waals surface area (Å²) in [5.41, 5.74) is 6.66. The Morgan fingerprint density at radius 3 is 2.63 bits per heavy atom. The molecule has 0 radical (unpaired) electrons. The van der Waals surface area contributed by atoms with Crippen LogP contribution >= 0.6 is 0 Å². The quantitative estimate of drug-likeness (QED) is 0.325. The molecule has 8 nitrogen and oxygen atoms in total. The summed E-state index contributed by atoms with van der Waals surface area (Å²) in [5, 5.41) is 24.2. The molecule has 1 aromatic carbocycles. The molecule has 2 fully saturated rings. The summed E-state index contributed by atoms with van der Waals surface area (Å²) >= 11 is 0. The molecule has 1 saturated heterocycles. The number of aliphatic hydroxyl groups excluding tert-OH is 1. The fraction of sp³-hybridized carbons (Fsp3) is 0.591. The molecule has 1 aliphatic carbocycles. The second kappa shape index (κ2) is 10.0. The van der Waals surface area contributed by atoms with Crippen LogP contribution in [-0.4, -0.2) is 65.5 Å². The second-order valence-corrected chi connectivity index (χ2v) is 8.32. The van der Waals surface area contributed by atoms with E-state index in [0.29, 0.717) is 32.2 Å². The Morgan fingerprint density at radius 2 is 1.97 bits per heavy atom. The minimum atomic E-state index is -0.867. The Labute approximate surface area is 177 Å². The van der Waals surface area contributed by atoms with Crippen molar-refractivity contribution in [2.75, 3.05) is 13.6 Å². The molecular weight excluding hydrogens is 382 g/mol. The molecule has 3 rings (SSSR count). The number of carbonyl (C=O) groups excluding carboxylic acids is 2. The van der Waals surface area contributed by atoms with E-state index >= 15 is 0 Å². The number of hydrogen-bond donors (Lipinski definition) is 5. The van der Waals surface area contributed by atoms with Gasteiger partial charge < -0.3 is 26.4 Å². The summed E-state index contributed by atoms with van der Waals surface area (Å²) in [7, 11) is 1.76. The first-order valence-electron chi connectivity index (χ1n) is 10.8. The molecule has 0 bridgehead atoms. The van der Waals surface area contributed by atoms with Crippen molar-refractivity contribution in [3.05, 3.63) is 35.9 Å². The predicted octanol–water partition coefficient (Wildman–Crippen LogP) is 0.390. The lowest BCUT2D eigenvalue weighted by molar-refractivity contribution is -0.140.